The van der Waals surface area contributed by atoms with E-state index in [-0.39, 0.29) is 12.7 Å². The van der Waals surface area contributed by atoms with Gasteiger partial charge in [0.15, 0.2) is 11.5 Å². The Balaban J connectivity index is 2.38. The first-order valence-corrected chi connectivity index (χ1v) is 5.22. The van der Waals surface area contributed by atoms with Crippen molar-refractivity contribution in [2.45, 2.75) is 25.9 Å². The van der Waals surface area contributed by atoms with E-state index < -0.39 is 0 Å². The van der Waals surface area contributed by atoms with Crippen molar-refractivity contribution >= 4 is 0 Å². The highest BCUT2D eigenvalue weighted by Gasteiger charge is 2.23. The van der Waals surface area contributed by atoms with E-state index in [0.717, 1.165) is 23.5 Å². The first kappa shape index (κ1) is 10.3. The Morgan fingerprint density at radius 1 is 1.53 bits per heavy atom. The summed E-state index contributed by atoms with van der Waals surface area (Å²) < 4.78 is 11.0. The third-order valence-corrected chi connectivity index (χ3v) is 2.64. The van der Waals surface area contributed by atoms with Gasteiger partial charge in [-0.15, -0.1) is 0 Å². The van der Waals surface area contributed by atoms with E-state index in [9.17, 15) is 0 Å². The SMILES string of the molecule is COc1cc(CCO)cc2c1OC(C)C2. The van der Waals surface area contributed by atoms with E-state index in [1.807, 2.05) is 13.0 Å². The molecule has 0 saturated carbocycles. The number of ether oxygens (including phenoxy) is 2. The summed E-state index contributed by atoms with van der Waals surface area (Å²) in [6.45, 7) is 2.21. The lowest BCUT2D eigenvalue weighted by molar-refractivity contribution is 0.243. The van der Waals surface area contributed by atoms with Crippen LogP contribution in [0.5, 0.6) is 11.5 Å². The Morgan fingerprint density at radius 3 is 3.00 bits per heavy atom. The third-order valence-electron chi connectivity index (χ3n) is 2.64. The summed E-state index contributed by atoms with van der Waals surface area (Å²) in [7, 11) is 1.64. The van der Waals surface area contributed by atoms with Crippen LogP contribution < -0.4 is 9.47 Å². The molecule has 0 saturated heterocycles. The fraction of sp³-hybridized carbons (Fsp3) is 0.500. The van der Waals surface area contributed by atoms with Crippen molar-refractivity contribution in [2.24, 2.45) is 0 Å². The van der Waals surface area contributed by atoms with Gasteiger partial charge < -0.3 is 14.6 Å². The van der Waals surface area contributed by atoms with Crippen LogP contribution in [-0.2, 0) is 12.8 Å². The van der Waals surface area contributed by atoms with E-state index in [0.29, 0.717) is 6.42 Å². The number of fused-ring (bicyclic) bond motifs is 1. The highest BCUT2D eigenvalue weighted by atomic mass is 16.5. The molecule has 1 unspecified atom stereocenters. The van der Waals surface area contributed by atoms with Crippen LogP contribution in [0.4, 0.5) is 0 Å². The number of methoxy groups -OCH3 is 1. The van der Waals surface area contributed by atoms with Gasteiger partial charge in [0.05, 0.1) is 7.11 Å². The van der Waals surface area contributed by atoms with Gasteiger partial charge in [0.2, 0.25) is 0 Å². The number of rotatable bonds is 3. The lowest BCUT2D eigenvalue weighted by Crippen LogP contribution is -2.05. The van der Waals surface area contributed by atoms with E-state index in [2.05, 4.69) is 6.07 Å². The second-order valence-electron chi connectivity index (χ2n) is 3.89. The fourth-order valence-corrected chi connectivity index (χ4v) is 1.99. The highest BCUT2D eigenvalue weighted by molar-refractivity contribution is 5.52. The summed E-state index contributed by atoms with van der Waals surface area (Å²) >= 11 is 0. The molecule has 1 aliphatic heterocycles. The Morgan fingerprint density at radius 2 is 2.33 bits per heavy atom. The van der Waals surface area contributed by atoms with Crippen molar-refractivity contribution in [1.29, 1.82) is 0 Å². The highest BCUT2D eigenvalue weighted by Crippen LogP contribution is 2.38. The molecule has 1 atom stereocenters. The number of hydrogen-bond donors (Lipinski definition) is 1. The van der Waals surface area contributed by atoms with Crippen molar-refractivity contribution in [1.82, 2.24) is 0 Å². The Bertz CT molecular complexity index is 360. The quantitative estimate of drug-likeness (QED) is 0.819. The molecule has 0 radical (unpaired) electrons. The minimum absolute atomic E-state index is 0.165. The topological polar surface area (TPSA) is 38.7 Å². The van der Waals surface area contributed by atoms with E-state index >= 15 is 0 Å². The van der Waals surface area contributed by atoms with Gasteiger partial charge >= 0.3 is 0 Å². The van der Waals surface area contributed by atoms with E-state index in [1.165, 1.54) is 5.56 Å². The average molecular weight is 208 g/mol. The number of benzene rings is 1. The maximum absolute atomic E-state index is 8.91. The molecule has 0 amide bonds. The summed E-state index contributed by atoms with van der Waals surface area (Å²) in [5.74, 6) is 1.65. The molecule has 82 valence electrons. The van der Waals surface area contributed by atoms with Gasteiger partial charge in [-0.25, -0.2) is 0 Å². The Hall–Kier alpha value is -1.22. The van der Waals surface area contributed by atoms with Crippen molar-refractivity contribution in [2.75, 3.05) is 13.7 Å². The summed E-state index contributed by atoms with van der Waals surface area (Å²) in [5.41, 5.74) is 2.29. The van der Waals surface area contributed by atoms with Crippen LogP contribution in [0.1, 0.15) is 18.1 Å². The molecule has 15 heavy (non-hydrogen) atoms. The molecular weight excluding hydrogens is 192 g/mol. The van der Waals surface area contributed by atoms with Crippen molar-refractivity contribution < 1.29 is 14.6 Å². The molecule has 0 aromatic heterocycles. The van der Waals surface area contributed by atoms with Crippen LogP contribution in [0, 0.1) is 0 Å². The molecule has 1 aliphatic rings. The molecular formula is C12H16O3. The van der Waals surface area contributed by atoms with Gasteiger partial charge in [-0.2, -0.15) is 0 Å². The van der Waals surface area contributed by atoms with Crippen molar-refractivity contribution in [3.63, 3.8) is 0 Å². The minimum Gasteiger partial charge on any atom is -0.493 e. The average Bonchev–Trinajstić information content (AvgIpc) is 2.57. The largest absolute Gasteiger partial charge is 0.493 e. The van der Waals surface area contributed by atoms with Crippen LogP contribution >= 0.6 is 0 Å². The molecule has 3 nitrogen and oxygen atoms in total. The number of hydrogen-bond acceptors (Lipinski definition) is 3. The van der Waals surface area contributed by atoms with E-state index in [1.54, 1.807) is 7.11 Å². The molecule has 1 aromatic rings. The number of aliphatic hydroxyl groups is 1. The zero-order valence-electron chi connectivity index (χ0n) is 9.12. The molecule has 0 aliphatic carbocycles. The van der Waals surface area contributed by atoms with Gasteiger partial charge in [0, 0.05) is 18.6 Å². The molecule has 0 bridgehead atoms. The van der Waals surface area contributed by atoms with Crippen LogP contribution in [0.3, 0.4) is 0 Å². The predicted octanol–water partition coefficient (Wildman–Crippen LogP) is 1.55. The summed E-state index contributed by atoms with van der Waals surface area (Å²) in [4.78, 5) is 0. The standard InChI is InChI=1S/C12H16O3/c1-8-5-10-6-9(3-4-13)7-11(14-2)12(10)15-8/h6-8,13H,3-5H2,1-2H3. The second-order valence-corrected chi connectivity index (χ2v) is 3.89. The second kappa shape index (κ2) is 4.11. The predicted molar refractivity (Wildman–Crippen MR) is 57.6 cm³/mol. The van der Waals surface area contributed by atoms with Crippen molar-refractivity contribution in [3.8, 4) is 11.5 Å². The van der Waals surface area contributed by atoms with Gasteiger partial charge in [-0.1, -0.05) is 6.07 Å². The first-order chi connectivity index (χ1) is 7.24. The Labute approximate surface area is 89.6 Å². The van der Waals surface area contributed by atoms with Gasteiger partial charge in [0.25, 0.3) is 0 Å². The Kier molecular flexibility index (Phi) is 2.82. The van der Waals surface area contributed by atoms with Gasteiger partial charge in [-0.05, 0) is 25.0 Å². The smallest absolute Gasteiger partial charge is 0.164 e. The molecule has 1 aromatic carbocycles. The van der Waals surface area contributed by atoms with Crippen molar-refractivity contribution in [3.05, 3.63) is 23.3 Å². The van der Waals surface area contributed by atoms with Crippen LogP contribution in [0.15, 0.2) is 12.1 Å². The maximum Gasteiger partial charge on any atom is 0.164 e. The number of aliphatic hydroxyl groups excluding tert-OH is 1. The van der Waals surface area contributed by atoms with Gasteiger partial charge in [-0.3, -0.25) is 0 Å². The van der Waals surface area contributed by atoms with Crippen LogP contribution in [-0.4, -0.2) is 24.9 Å². The maximum atomic E-state index is 8.91. The van der Waals surface area contributed by atoms with Gasteiger partial charge in [0.1, 0.15) is 6.10 Å². The molecule has 0 spiro atoms. The lowest BCUT2D eigenvalue weighted by atomic mass is 10.0. The van der Waals surface area contributed by atoms with Crippen LogP contribution in [0.25, 0.3) is 0 Å². The zero-order valence-corrected chi connectivity index (χ0v) is 9.12. The zero-order chi connectivity index (χ0) is 10.8. The fourth-order valence-electron chi connectivity index (χ4n) is 1.99. The van der Waals surface area contributed by atoms with E-state index in [4.69, 9.17) is 14.6 Å². The monoisotopic (exact) mass is 208 g/mol. The molecule has 2 rings (SSSR count). The summed E-state index contributed by atoms with van der Waals surface area (Å²) in [5, 5.41) is 8.91. The van der Waals surface area contributed by atoms with Crippen LogP contribution in [0.2, 0.25) is 0 Å². The summed E-state index contributed by atoms with van der Waals surface area (Å²) in [6, 6.07) is 4.03. The molecule has 1 heterocycles. The normalized spacial score (nSPS) is 18.5. The third kappa shape index (κ3) is 1.92. The molecule has 0 fully saturated rings. The molecule has 3 heteroatoms. The first-order valence-electron chi connectivity index (χ1n) is 5.22. The minimum atomic E-state index is 0.165. The summed E-state index contributed by atoms with van der Waals surface area (Å²) in [6.07, 6.45) is 1.81. The molecule has 1 N–H and O–H groups in total. The lowest BCUT2D eigenvalue weighted by Gasteiger charge is -2.09.